The fourth-order valence-electron chi connectivity index (χ4n) is 8.01. The molecule has 176 valence electrons. The van der Waals surface area contributed by atoms with Gasteiger partial charge in [-0.25, -0.2) is 0 Å². The summed E-state index contributed by atoms with van der Waals surface area (Å²) in [5.41, 5.74) is 0.0997. The summed E-state index contributed by atoms with van der Waals surface area (Å²) in [4.78, 5) is 12.8. The largest absolute Gasteiger partial charge is 0.429 e. The third kappa shape index (κ3) is 3.07. The van der Waals surface area contributed by atoms with Gasteiger partial charge in [0.1, 0.15) is 5.76 Å². The summed E-state index contributed by atoms with van der Waals surface area (Å²) in [5, 5.41) is 21.3. The van der Waals surface area contributed by atoms with Gasteiger partial charge in [-0.2, -0.15) is 5.26 Å². The maximum Gasteiger partial charge on any atom is 0.316 e. The van der Waals surface area contributed by atoms with Gasteiger partial charge in [-0.1, -0.05) is 25.5 Å². The Morgan fingerprint density at radius 2 is 1.75 bits per heavy atom. The normalized spacial score (nSPS) is 42.9. The van der Waals surface area contributed by atoms with Crippen molar-refractivity contribution in [1.29, 1.82) is 5.26 Å². The van der Waals surface area contributed by atoms with Crippen LogP contribution in [0.1, 0.15) is 93.9 Å². The molecule has 4 aliphatic rings. The van der Waals surface area contributed by atoms with Gasteiger partial charge >= 0.3 is 5.97 Å². The first-order valence-electron chi connectivity index (χ1n) is 12.4. The number of fused-ring (bicyclic) bond motifs is 5. The number of ether oxygens (including phenoxy) is 1. The number of carbonyl (C=O) groups excluding carboxylic acids is 1. The lowest BCUT2D eigenvalue weighted by Crippen LogP contribution is -2.55. The van der Waals surface area contributed by atoms with E-state index in [0.29, 0.717) is 35.5 Å². The molecule has 6 atom stereocenters. The minimum absolute atomic E-state index is 0.0264. The van der Waals surface area contributed by atoms with Gasteiger partial charge in [0.25, 0.3) is 0 Å². The second-order valence-corrected chi connectivity index (χ2v) is 13.3. The highest BCUT2D eigenvalue weighted by Gasteiger charge is 2.63. The lowest BCUT2D eigenvalue weighted by atomic mass is 9.44. The quantitative estimate of drug-likeness (QED) is 0.384. The van der Waals surface area contributed by atoms with E-state index < -0.39 is 16.4 Å². The van der Waals surface area contributed by atoms with Gasteiger partial charge in [0.15, 0.2) is 0 Å². The summed E-state index contributed by atoms with van der Waals surface area (Å²) in [7, 11) is 0. The molecule has 2 fully saturated rings. The van der Waals surface area contributed by atoms with E-state index in [1.165, 1.54) is 5.57 Å². The first kappa shape index (κ1) is 23.6. The minimum atomic E-state index is -0.621. The molecule has 2 saturated carbocycles. The molecule has 1 N–H and O–H groups in total. The van der Waals surface area contributed by atoms with E-state index in [2.05, 4.69) is 39.8 Å². The van der Waals surface area contributed by atoms with Gasteiger partial charge < -0.3 is 9.84 Å². The van der Waals surface area contributed by atoms with Crippen LogP contribution in [0.4, 0.5) is 0 Å². The summed E-state index contributed by atoms with van der Waals surface area (Å²) >= 11 is 0. The lowest BCUT2D eigenvalue weighted by Gasteiger charge is -2.60. The Hall–Kier alpha value is -1.60. The summed E-state index contributed by atoms with van der Waals surface area (Å²) in [6.45, 7) is 16.5. The summed E-state index contributed by atoms with van der Waals surface area (Å²) in [6, 6.07) is 2.42. The van der Waals surface area contributed by atoms with E-state index >= 15 is 0 Å². The third-order valence-corrected chi connectivity index (χ3v) is 10.0. The zero-order valence-electron chi connectivity index (χ0n) is 21.3. The van der Waals surface area contributed by atoms with Crippen molar-refractivity contribution in [3.05, 3.63) is 23.0 Å². The van der Waals surface area contributed by atoms with Crippen molar-refractivity contribution < 1.29 is 14.6 Å². The first-order valence-corrected chi connectivity index (χ1v) is 12.4. The zero-order valence-corrected chi connectivity index (χ0v) is 21.3. The van der Waals surface area contributed by atoms with Gasteiger partial charge in [0.05, 0.1) is 22.7 Å². The monoisotopic (exact) mass is 439 g/mol. The van der Waals surface area contributed by atoms with Crippen molar-refractivity contribution >= 4 is 5.97 Å². The van der Waals surface area contributed by atoms with Crippen LogP contribution < -0.4 is 0 Å². The van der Waals surface area contributed by atoms with E-state index in [0.717, 1.165) is 32.1 Å². The average Bonchev–Trinajstić information content (AvgIpc) is 2.92. The van der Waals surface area contributed by atoms with Gasteiger partial charge in [0.2, 0.25) is 0 Å². The van der Waals surface area contributed by atoms with Crippen LogP contribution in [0, 0.1) is 50.7 Å². The number of hydrogen-bond donors (Lipinski definition) is 1. The highest BCUT2D eigenvalue weighted by atomic mass is 16.5. The van der Waals surface area contributed by atoms with Crippen molar-refractivity contribution in [2.24, 2.45) is 39.4 Å². The highest BCUT2D eigenvalue weighted by Crippen LogP contribution is 2.69. The zero-order chi connectivity index (χ0) is 23.9. The van der Waals surface area contributed by atoms with Crippen LogP contribution in [0.15, 0.2) is 23.0 Å². The second kappa shape index (κ2) is 6.95. The van der Waals surface area contributed by atoms with Crippen molar-refractivity contribution in [1.82, 2.24) is 0 Å². The highest BCUT2D eigenvalue weighted by molar-refractivity contribution is 5.77. The molecule has 0 aromatic carbocycles. The Morgan fingerprint density at radius 1 is 1.12 bits per heavy atom. The first-order chi connectivity index (χ1) is 14.6. The molecule has 0 heterocycles. The topological polar surface area (TPSA) is 70.3 Å². The average molecular weight is 440 g/mol. The van der Waals surface area contributed by atoms with Crippen LogP contribution in [0.3, 0.4) is 0 Å². The second-order valence-electron chi connectivity index (χ2n) is 13.3. The van der Waals surface area contributed by atoms with Crippen molar-refractivity contribution in [3.8, 4) is 6.07 Å². The summed E-state index contributed by atoms with van der Waals surface area (Å²) in [5.74, 6) is 1.80. The molecule has 32 heavy (non-hydrogen) atoms. The molecule has 4 rings (SSSR count). The van der Waals surface area contributed by atoms with Gasteiger partial charge in [-0.3, -0.25) is 4.79 Å². The van der Waals surface area contributed by atoms with Crippen molar-refractivity contribution in [2.75, 3.05) is 0 Å². The number of esters is 1. The van der Waals surface area contributed by atoms with Crippen LogP contribution in [0.25, 0.3) is 0 Å². The van der Waals surface area contributed by atoms with Crippen LogP contribution in [0.5, 0.6) is 0 Å². The predicted molar refractivity (Wildman–Crippen MR) is 125 cm³/mol. The maximum absolute atomic E-state index is 12.8. The van der Waals surface area contributed by atoms with Gasteiger partial charge in [-0.15, -0.1) is 0 Å². The molecule has 0 bridgehead atoms. The van der Waals surface area contributed by atoms with Crippen molar-refractivity contribution in [2.45, 2.75) is 99.5 Å². The molecule has 0 unspecified atom stereocenters. The molecule has 0 saturated heterocycles. The molecule has 0 radical (unpaired) electrons. The molecule has 0 amide bonds. The van der Waals surface area contributed by atoms with Crippen LogP contribution in [0.2, 0.25) is 0 Å². The van der Waals surface area contributed by atoms with Crippen LogP contribution in [-0.4, -0.2) is 16.7 Å². The summed E-state index contributed by atoms with van der Waals surface area (Å²) in [6.07, 6.45) is 8.12. The number of hydrogen-bond acceptors (Lipinski definition) is 4. The van der Waals surface area contributed by atoms with E-state index in [1.807, 2.05) is 27.7 Å². The number of rotatable bonds is 1. The minimum Gasteiger partial charge on any atom is -0.429 e. The SMILES string of the molecule is CC(C)(C)C(=O)OC1=C(C#N)C[C@@]2(C)C(=CC[C@@H]3[C@@H]2CC[C@@]2(C)[C@H]3CC[C@]2(C)O)C1(C)C. The molecule has 0 aliphatic heterocycles. The Labute approximate surface area is 194 Å². The molecule has 0 aromatic rings. The number of nitrogens with zero attached hydrogens (tertiary/aromatic N) is 1. The molecule has 0 spiro atoms. The molecule has 0 aromatic heterocycles. The van der Waals surface area contributed by atoms with Gasteiger partial charge in [-0.05, 0) is 109 Å². The standard InChI is InChI=1S/C28H41NO3/c1-24(2,3)23(30)32-22-17(16-29)15-26(6)19-11-13-27(7)20(12-14-28(27,8)31)18(19)9-10-21(26)25(22,4)5/h10,18-20,31H,9,11-15H2,1-8H3/t18-,19+,20+,26-,27+,28+/m1/s1. The fraction of sp³-hybridized carbons (Fsp3) is 0.786. The number of allylic oxidation sites excluding steroid dienone is 3. The third-order valence-electron chi connectivity index (χ3n) is 10.0. The molecule has 4 nitrogen and oxygen atoms in total. The van der Waals surface area contributed by atoms with Crippen LogP contribution >= 0.6 is 0 Å². The number of aliphatic hydroxyl groups is 1. The van der Waals surface area contributed by atoms with Crippen molar-refractivity contribution in [3.63, 3.8) is 0 Å². The number of nitriles is 1. The molecule has 4 aliphatic carbocycles. The predicted octanol–water partition coefficient (Wildman–Crippen LogP) is 6.31. The Morgan fingerprint density at radius 3 is 2.34 bits per heavy atom. The van der Waals surface area contributed by atoms with Gasteiger partial charge in [0, 0.05) is 5.41 Å². The maximum atomic E-state index is 12.8. The van der Waals surface area contributed by atoms with Crippen LogP contribution in [-0.2, 0) is 9.53 Å². The Kier molecular flexibility index (Phi) is 5.12. The lowest BCUT2D eigenvalue weighted by molar-refractivity contribution is -0.150. The Bertz CT molecular complexity index is 941. The smallest absolute Gasteiger partial charge is 0.316 e. The molecular formula is C28H41NO3. The fourth-order valence-corrected chi connectivity index (χ4v) is 8.01. The summed E-state index contributed by atoms with van der Waals surface area (Å²) < 4.78 is 5.96. The Balaban J connectivity index is 1.75. The number of carbonyl (C=O) groups is 1. The van der Waals surface area contributed by atoms with E-state index in [4.69, 9.17) is 4.74 Å². The van der Waals surface area contributed by atoms with E-state index in [9.17, 15) is 15.2 Å². The molecular weight excluding hydrogens is 398 g/mol. The molecule has 4 heteroatoms. The van der Waals surface area contributed by atoms with E-state index in [-0.39, 0.29) is 16.8 Å². The van der Waals surface area contributed by atoms with E-state index in [1.54, 1.807) is 0 Å².